The summed E-state index contributed by atoms with van der Waals surface area (Å²) in [7, 11) is 4.15. The van der Waals surface area contributed by atoms with Gasteiger partial charge in [0.25, 0.3) is 5.97 Å². The van der Waals surface area contributed by atoms with Gasteiger partial charge in [-0.1, -0.05) is 18.2 Å². The molecule has 0 heterocycles. The standard InChI is InChI=1S/C16H20N2.C2H4O2/c1-11-12(2)16(18(3)4)10-9-15(11)13-5-7-14(17)8-6-13;1-2(3)4/h5-10H,17H2,1-4H3;1H3,(H,3,4). The molecule has 0 fully saturated rings. The zero-order chi connectivity index (χ0) is 16.9. The van der Waals surface area contributed by atoms with Gasteiger partial charge in [-0.25, -0.2) is 0 Å². The molecule has 0 atom stereocenters. The SMILES string of the molecule is CC(=O)O.Cc1c(-c2ccc(N)cc2)ccc(N(C)C)c1C. The maximum absolute atomic E-state index is 9.00. The summed E-state index contributed by atoms with van der Waals surface area (Å²) in [4.78, 5) is 11.1. The Kier molecular flexibility index (Phi) is 5.99. The zero-order valence-corrected chi connectivity index (χ0v) is 13.8. The Hall–Kier alpha value is -2.49. The number of benzene rings is 2. The fraction of sp³-hybridized carbons (Fsp3) is 0.278. The van der Waals surface area contributed by atoms with Gasteiger partial charge in [-0.3, -0.25) is 4.79 Å². The van der Waals surface area contributed by atoms with Gasteiger partial charge in [0.1, 0.15) is 0 Å². The predicted octanol–water partition coefficient (Wildman–Crippen LogP) is 3.71. The fourth-order valence-electron chi connectivity index (χ4n) is 2.27. The third-order valence-electron chi connectivity index (χ3n) is 3.46. The van der Waals surface area contributed by atoms with E-state index in [1.54, 1.807) is 0 Å². The molecular formula is C18H24N2O2. The summed E-state index contributed by atoms with van der Waals surface area (Å²) in [6.45, 7) is 5.43. The van der Waals surface area contributed by atoms with Gasteiger partial charge in [0, 0.05) is 32.4 Å². The smallest absolute Gasteiger partial charge is 0.300 e. The number of nitrogens with zero attached hydrogens (tertiary/aromatic N) is 1. The Morgan fingerprint density at radius 2 is 1.50 bits per heavy atom. The Bertz CT molecular complexity index is 643. The van der Waals surface area contributed by atoms with Crippen LogP contribution in [0.25, 0.3) is 11.1 Å². The molecule has 4 heteroatoms. The van der Waals surface area contributed by atoms with Gasteiger partial charge in [0.15, 0.2) is 0 Å². The number of hydrogen-bond acceptors (Lipinski definition) is 3. The molecule has 0 spiro atoms. The first-order chi connectivity index (χ1) is 10.2. The van der Waals surface area contributed by atoms with Crippen molar-refractivity contribution < 1.29 is 9.90 Å². The van der Waals surface area contributed by atoms with Crippen molar-refractivity contribution >= 4 is 17.3 Å². The number of carboxylic acid groups (broad SMARTS) is 1. The van der Waals surface area contributed by atoms with Crippen LogP contribution in [0.5, 0.6) is 0 Å². The highest BCUT2D eigenvalue weighted by atomic mass is 16.4. The van der Waals surface area contributed by atoms with E-state index in [0.717, 1.165) is 12.6 Å². The summed E-state index contributed by atoms with van der Waals surface area (Å²) in [6.07, 6.45) is 0. The van der Waals surface area contributed by atoms with Crippen molar-refractivity contribution in [1.29, 1.82) is 0 Å². The molecule has 0 aliphatic carbocycles. The maximum Gasteiger partial charge on any atom is 0.300 e. The van der Waals surface area contributed by atoms with Crippen LogP contribution in [0.2, 0.25) is 0 Å². The lowest BCUT2D eigenvalue weighted by Gasteiger charge is -2.19. The van der Waals surface area contributed by atoms with Gasteiger partial charge < -0.3 is 15.7 Å². The molecule has 0 aromatic heterocycles. The molecule has 0 bridgehead atoms. The molecule has 0 aliphatic heterocycles. The molecular weight excluding hydrogens is 276 g/mol. The Balaban J connectivity index is 0.000000541. The molecule has 0 unspecified atom stereocenters. The second-order valence-electron chi connectivity index (χ2n) is 5.42. The van der Waals surface area contributed by atoms with Crippen molar-refractivity contribution in [2.75, 3.05) is 24.7 Å². The summed E-state index contributed by atoms with van der Waals surface area (Å²) in [5.74, 6) is -0.833. The van der Waals surface area contributed by atoms with Gasteiger partial charge in [-0.05, 0) is 54.3 Å². The molecule has 2 aromatic rings. The molecule has 0 amide bonds. The number of nitrogens with two attached hydrogens (primary N) is 1. The lowest BCUT2D eigenvalue weighted by molar-refractivity contribution is -0.134. The first-order valence-corrected chi connectivity index (χ1v) is 7.07. The minimum Gasteiger partial charge on any atom is -0.481 e. The molecule has 0 aliphatic rings. The van der Waals surface area contributed by atoms with E-state index in [1.807, 2.05) is 12.1 Å². The summed E-state index contributed by atoms with van der Waals surface area (Å²) in [6, 6.07) is 12.4. The topological polar surface area (TPSA) is 66.6 Å². The van der Waals surface area contributed by atoms with E-state index in [1.165, 1.54) is 27.9 Å². The van der Waals surface area contributed by atoms with E-state index < -0.39 is 5.97 Å². The van der Waals surface area contributed by atoms with E-state index in [-0.39, 0.29) is 0 Å². The Morgan fingerprint density at radius 3 is 1.95 bits per heavy atom. The van der Waals surface area contributed by atoms with Gasteiger partial charge in [-0.15, -0.1) is 0 Å². The third kappa shape index (κ3) is 4.52. The van der Waals surface area contributed by atoms with Crippen LogP contribution < -0.4 is 10.6 Å². The molecule has 0 saturated heterocycles. The van der Waals surface area contributed by atoms with Gasteiger partial charge in [-0.2, -0.15) is 0 Å². The van der Waals surface area contributed by atoms with Crippen molar-refractivity contribution in [2.24, 2.45) is 0 Å². The summed E-state index contributed by atoms with van der Waals surface area (Å²) < 4.78 is 0. The highest BCUT2D eigenvalue weighted by Crippen LogP contribution is 2.31. The molecule has 2 rings (SSSR count). The number of rotatable bonds is 2. The predicted molar refractivity (Wildman–Crippen MR) is 93.4 cm³/mol. The highest BCUT2D eigenvalue weighted by molar-refractivity contribution is 5.74. The van der Waals surface area contributed by atoms with Crippen molar-refractivity contribution in [3.05, 3.63) is 47.5 Å². The van der Waals surface area contributed by atoms with Crippen LogP contribution in [0.4, 0.5) is 11.4 Å². The minimum atomic E-state index is -0.833. The largest absolute Gasteiger partial charge is 0.481 e. The molecule has 22 heavy (non-hydrogen) atoms. The van der Waals surface area contributed by atoms with Gasteiger partial charge >= 0.3 is 0 Å². The summed E-state index contributed by atoms with van der Waals surface area (Å²) in [5, 5.41) is 7.42. The number of carboxylic acids is 1. The molecule has 0 saturated carbocycles. The van der Waals surface area contributed by atoms with Crippen LogP contribution in [0.15, 0.2) is 36.4 Å². The highest BCUT2D eigenvalue weighted by Gasteiger charge is 2.09. The van der Waals surface area contributed by atoms with Crippen molar-refractivity contribution in [1.82, 2.24) is 0 Å². The maximum atomic E-state index is 9.00. The second-order valence-corrected chi connectivity index (χ2v) is 5.42. The quantitative estimate of drug-likeness (QED) is 0.830. The summed E-state index contributed by atoms with van der Waals surface area (Å²) >= 11 is 0. The third-order valence-corrected chi connectivity index (χ3v) is 3.46. The van der Waals surface area contributed by atoms with E-state index >= 15 is 0 Å². The van der Waals surface area contributed by atoms with Crippen molar-refractivity contribution in [3.8, 4) is 11.1 Å². The zero-order valence-electron chi connectivity index (χ0n) is 13.8. The first-order valence-electron chi connectivity index (χ1n) is 7.07. The molecule has 3 N–H and O–H groups in total. The van der Waals surface area contributed by atoms with E-state index in [9.17, 15) is 0 Å². The average Bonchev–Trinajstić information content (AvgIpc) is 2.42. The van der Waals surface area contributed by atoms with E-state index in [2.05, 4.69) is 57.1 Å². The first kappa shape index (κ1) is 17.6. The lowest BCUT2D eigenvalue weighted by Crippen LogP contribution is -2.11. The van der Waals surface area contributed by atoms with Gasteiger partial charge in [0.2, 0.25) is 0 Å². The monoisotopic (exact) mass is 300 g/mol. The van der Waals surface area contributed by atoms with Crippen LogP contribution >= 0.6 is 0 Å². The van der Waals surface area contributed by atoms with Crippen LogP contribution in [0.3, 0.4) is 0 Å². The molecule has 2 aromatic carbocycles. The Morgan fingerprint density at radius 1 is 1.00 bits per heavy atom. The second kappa shape index (κ2) is 7.50. The van der Waals surface area contributed by atoms with Crippen molar-refractivity contribution in [3.63, 3.8) is 0 Å². The molecule has 118 valence electrons. The van der Waals surface area contributed by atoms with E-state index in [0.29, 0.717) is 0 Å². The minimum absolute atomic E-state index is 0.804. The fourth-order valence-corrected chi connectivity index (χ4v) is 2.27. The molecule has 0 radical (unpaired) electrons. The number of nitrogen functional groups attached to an aromatic ring is 1. The lowest BCUT2D eigenvalue weighted by atomic mass is 9.95. The number of carbonyl (C=O) groups is 1. The number of aliphatic carboxylic acids is 1. The van der Waals surface area contributed by atoms with Crippen LogP contribution in [0.1, 0.15) is 18.1 Å². The number of anilines is 2. The number of hydrogen-bond donors (Lipinski definition) is 2. The van der Waals surface area contributed by atoms with Crippen LogP contribution in [-0.4, -0.2) is 25.2 Å². The van der Waals surface area contributed by atoms with Gasteiger partial charge in [0.05, 0.1) is 0 Å². The van der Waals surface area contributed by atoms with Crippen molar-refractivity contribution in [2.45, 2.75) is 20.8 Å². The normalized spacial score (nSPS) is 9.68. The van der Waals surface area contributed by atoms with Crippen LogP contribution in [0, 0.1) is 13.8 Å². The Labute approximate surface area is 132 Å². The van der Waals surface area contributed by atoms with E-state index in [4.69, 9.17) is 15.6 Å². The average molecular weight is 300 g/mol. The molecule has 4 nitrogen and oxygen atoms in total. The summed E-state index contributed by atoms with van der Waals surface area (Å²) in [5.41, 5.74) is 13.0. The van der Waals surface area contributed by atoms with Crippen LogP contribution in [-0.2, 0) is 4.79 Å².